The molecule has 0 atom stereocenters. The van der Waals surface area contributed by atoms with Gasteiger partial charge in [0, 0.05) is 29.8 Å². The largest absolute Gasteiger partial charge is 0.366 e. The van der Waals surface area contributed by atoms with E-state index in [4.69, 9.17) is 4.98 Å². The van der Waals surface area contributed by atoms with Gasteiger partial charge in [0.1, 0.15) is 5.82 Å². The first kappa shape index (κ1) is 19.8. The number of anilines is 1. The summed E-state index contributed by atoms with van der Waals surface area (Å²) >= 11 is 0. The summed E-state index contributed by atoms with van der Waals surface area (Å²) in [7, 11) is 0. The van der Waals surface area contributed by atoms with Crippen molar-refractivity contribution in [2.45, 2.75) is 6.54 Å². The van der Waals surface area contributed by atoms with Gasteiger partial charge in [0.25, 0.3) is 0 Å². The smallest absolute Gasteiger partial charge is 0.205 e. The number of hydrogen-bond acceptors (Lipinski definition) is 6. The molecule has 3 aromatic carbocycles. The summed E-state index contributed by atoms with van der Waals surface area (Å²) in [5.41, 5.74) is 7.02. The number of hydrogen-bond donors (Lipinski definition) is 2. The van der Waals surface area contributed by atoms with Crippen LogP contribution in [0.1, 0.15) is 5.56 Å². The summed E-state index contributed by atoms with van der Waals surface area (Å²) in [6, 6.07) is 30.6. The molecule has 3 heterocycles. The van der Waals surface area contributed by atoms with Gasteiger partial charge in [-0.1, -0.05) is 78.9 Å². The molecular weight excluding hydrogens is 424 g/mol. The van der Waals surface area contributed by atoms with Crippen molar-refractivity contribution in [2.24, 2.45) is 0 Å². The first-order valence-electron chi connectivity index (χ1n) is 10.9. The van der Waals surface area contributed by atoms with E-state index in [2.05, 4.69) is 73.5 Å². The van der Waals surface area contributed by atoms with Crippen molar-refractivity contribution in [3.63, 3.8) is 0 Å². The third-order valence-electron chi connectivity index (χ3n) is 5.68. The fourth-order valence-corrected chi connectivity index (χ4v) is 4.00. The Kier molecular flexibility index (Phi) is 5.00. The average molecular weight is 445 g/mol. The normalized spacial score (nSPS) is 11.1. The van der Waals surface area contributed by atoms with Crippen LogP contribution in [0.25, 0.3) is 39.4 Å². The zero-order valence-corrected chi connectivity index (χ0v) is 18.1. The van der Waals surface area contributed by atoms with Crippen LogP contribution in [-0.2, 0) is 6.54 Å². The highest BCUT2D eigenvalue weighted by Crippen LogP contribution is 2.30. The Labute approximate surface area is 195 Å². The maximum atomic E-state index is 4.74. The van der Waals surface area contributed by atoms with Crippen LogP contribution in [0.15, 0.2) is 97.2 Å². The van der Waals surface area contributed by atoms with Crippen molar-refractivity contribution < 1.29 is 0 Å². The van der Waals surface area contributed by atoms with Gasteiger partial charge in [-0.15, -0.1) is 10.2 Å². The molecular formula is C26H20N8. The van der Waals surface area contributed by atoms with Gasteiger partial charge in [-0.05, 0) is 21.9 Å². The Morgan fingerprint density at radius 2 is 1.59 bits per heavy atom. The highest BCUT2D eigenvalue weighted by atomic mass is 15.5. The number of rotatable bonds is 6. The summed E-state index contributed by atoms with van der Waals surface area (Å²) in [5, 5.41) is 22.4. The minimum Gasteiger partial charge on any atom is -0.366 e. The van der Waals surface area contributed by atoms with Crippen LogP contribution in [0.2, 0.25) is 0 Å². The van der Waals surface area contributed by atoms with Crippen LogP contribution in [0, 0.1) is 0 Å². The predicted octanol–water partition coefficient (Wildman–Crippen LogP) is 4.86. The molecule has 0 aliphatic carbocycles. The minimum absolute atomic E-state index is 0.580. The molecule has 0 radical (unpaired) electrons. The second-order valence-electron chi connectivity index (χ2n) is 7.83. The molecule has 3 aromatic heterocycles. The van der Waals surface area contributed by atoms with Crippen molar-refractivity contribution >= 4 is 11.5 Å². The fourth-order valence-electron chi connectivity index (χ4n) is 4.00. The molecule has 34 heavy (non-hydrogen) atoms. The Bertz CT molecular complexity index is 1540. The molecule has 0 aliphatic rings. The number of fused-ring (bicyclic) bond motifs is 1. The van der Waals surface area contributed by atoms with Crippen molar-refractivity contribution in [1.82, 2.24) is 35.2 Å². The minimum atomic E-state index is 0.580. The molecule has 0 saturated heterocycles. The molecule has 164 valence electrons. The predicted molar refractivity (Wildman–Crippen MR) is 131 cm³/mol. The maximum absolute atomic E-state index is 4.74. The van der Waals surface area contributed by atoms with Gasteiger partial charge in [-0.2, -0.15) is 14.8 Å². The van der Waals surface area contributed by atoms with Crippen LogP contribution >= 0.6 is 0 Å². The zero-order chi connectivity index (χ0) is 22.7. The van der Waals surface area contributed by atoms with Gasteiger partial charge in [0.05, 0.1) is 11.9 Å². The van der Waals surface area contributed by atoms with Crippen molar-refractivity contribution in [2.75, 3.05) is 5.32 Å². The van der Waals surface area contributed by atoms with Gasteiger partial charge in [-0.25, -0.2) is 4.98 Å². The van der Waals surface area contributed by atoms with Crippen LogP contribution in [0.5, 0.6) is 0 Å². The van der Waals surface area contributed by atoms with E-state index in [9.17, 15) is 0 Å². The lowest BCUT2D eigenvalue weighted by Gasteiger charge is -2.12. The standard InChI is InChI=1S/C26H20N8/c1-2-6-20(7-3-1)23-16-25(34-24(29-23)14-15-28-34)27-17-18-10-12-19(13-11-18)21-8-4-5-9-22(21)26-30-32-33-31-26/h1-16,27H,17H2,(H,30,31,32,33). The van der Waals surface area contributed by atoms with Crippen LogP contribution in [0.3, 0.4) is 0 Å². The number of aromatic amines is 1. The summed E-state index contributed by atoms with van der Waals surface area (Å²) in [6.07, 6.45) is 1.76. The lowest BCUT2D eigenvalue weighted by molar-refractivity contribution is 0.881. The van der Waals surface area contributed by atoms with Gasteiger partial charge in [-0.3, -0.25) is 0 Å². The molecule has 8 heteroatoms. The summed E-state index contributed by atoms with van der Waals surface area (Å²) in [4.78, 5) is 4.74. The average Bonchev–Trinajstić information content (AvgIpc) is 3.61. The molecule has 0 fully saturated rings. The molecule has 0 bridgehead atoms. The van der Waals surface area contributed by atoms with E-state index in [1.165, 1.54) is 0 Å². The molecule has 0 saturated carbocycles. The number of tetrazole rings is 1. The van der Waals surface area contributed by atoms with E-state index in [0.29, 0.717) is 12.4 Å². The SMILES string of the molecule is c1ccc(-c2cc(NCc3ccc(-c4ccccc4-c4nn[nH]n4)cc3)n3nccc3n2)cc1. The van der Waals surface area contributed by atoms with Gasteiger partial charge in [0.2, 0.25) is 5.82 Å². The Hall–Kier alpha value is -4.85. The molecule has 8 nitrogen and oxygen atoms in total. The maximum Gasteiger partial charge on any atom is 0.205 e. The molecule has 0 unspecified atom stereocenters. The van der Waals surface area contributed by atoms with E-state index in [0.717, 1.165) is 45.0 Å². The Morgan fingerprint density at radius 1 is 0.794 bits per heavy atom. The number of benzene rings is 3. The van der Waals surface area contributed by atoms with E-state index in [1.54, 1.807) is 6.20 Å². The quantitative estimate of drug-likeness (QED) is 0.381. The van der Waals surface area contributed by atoms with Crippen LogP contribution < -0.4 is 5.32 Å². The first-order chi connectivity index (χ1) is 16.8. The molecule has 0 spiro atoms. The van der Waals surface area contributed by atoms with Gasteiger partial charge < -0.3 is 5.32 Å². The van der Waals surface area contributed by atoms with Crippen molar-refractivity contribution in [3.05, 3.63) is 103 Å². The second-order valence-corrected chi connectivity index (χ2v) is 7.83. The van der Waals surface area contributed by atoms with E-state index >= 15 is 0 Å². The number of nitrogens with one attached hydrogen (secondary N) is 2. The third kappa shape index (κ3) is 3.77. The second kappa shape index (κ2) is 8.59. The third-order valence-corrected chi connectivity index (χ3v) is 5.68. The lowest BCUT2D eigenvalue weighted by Crippen LogP contribution is -2.06. The molecule has 6 rings (SSSR count). The van der Waals surface area contributed by atoms with Gasteiger partial charge in [0.15, 0.2) is 5.65 Å². The van der Waals surface area contributed by atoms with Crippen LogP contribution in [-0.4, -0.2) is 35.2 Å². The summed E-state index contributed by atoms with van der Waals surface area (Å²) < 4.78 is 1.82. The zero-order valence-electron chi connectivity index (χ0n) is 18.1. The Balaban J connectivity index is 1.26. The van der Waals surface area contributed by atoms with Crippen molar-refractivity contribution in [3.8, 4) is 33.8 Å². The number of H-pyrrole nitrogens is 1. The highest BCUT2D eigenvalue weighted by Gasteiger charge is 2.11. The fraction of sp³-hybridized carbons (Fsp3) is 0.0385. The molecule has 6 aromatic rings. The number of aromatic nitrogens is 7. The van der Waals surface area contributed by atoms with Crippen LogP contribution in [0.4, 0.5) is 5.82 Å². The molecule has 0 aliphatic heterocycles. The van der Waals surface area contributed by atoms with E-state index in [1.807, 2.05) is 53.0 Å². The Morgan fingerprint density at radius 3 is 2.38 bits per heavy atom. The summed E-state index contributed by atoms with van der Waals surface area (Å²) in [5.74, 6) is 1.47. The van der Waals surface area contributed by atoms with E-state index in [-0.39, 0.29) is 0 Å². The lowest BCUT2D eigenvalue weighted by atomic mass is 9.98. The van der Waals surface area contributed by atoms with Crippen molar-refractivity contribution in [1.29, 1.82) is 0 Å². The first-order valence-corrected chi connectivity index (χ1v) is 10.9. The van der Waals surface area contributed by atoms with E-state index < -0.39 is 0 Å². The topological polar surface area (TPSA) is 96.7 Å². The molecule has 0 amide bonds. The summed E-state index contributed by atoms with van der Waals surface area (Å²) in [6.45, 7) is 0.653. The monoisotopic (exact) mass is 444 g/mol. The highest BCUT2D eigenvalue weighted by molar-refractivity contribution is 5.80. The molecule has 2 N–H and O–H groups in total. The van der Waals surface area contributed by atoms with Gasteiger partial charge >= 0.3 is 0 Å². The number of nitrogens with zero attached hydrogens (tertiary/aromatic N) is 6.